The zero-order chi connectivity index (χ0) is 13.5. The van der Waals surface area contributed by atoms with Crippen LogP contribution >= 0.6 is 0 Å². The lowest BCUT2D eigenvalue weighted by Crippen LogP contribution is -2.51. The van der Waals surface area contributed by atoms with E-state index in [4.69, 9.17) is 4.74 Å². The molecule has 1 saturated carbocycles. The summed E-state index contributed by atoms with van der Waals surface area (Å²) >= 11 is 0. The summed E-state index contributed by atoms with van der Waals surface area (Å²) in [4.78, 5) is 2.49. The molecule has 2 fully saturated rings. The Morgan fingerprint density at radius 3 is 2.79 bits per heavy atom. The monoisotopic (exact) mass is 269 g/mol. The van der Waals surface area contributed by atoms with Crippen molar-refractivity contribution in [2.24, 2.45) is 5.92 Å². The number of hydrogen-bond acceptors (Lipinski definition) is 4. The van der Waals surface area contributed by atoms with Gasteiger partial charge in [-0.3, -0.25) is 0 Å². The second-order valence-electron chi connectivity index (χ2n) is 5.82. The van der Waals surface area contributed by atoms with Gasteiger partial charge in [-0.05, 0) is 31.8 Å². The standard InChI is InChI=1S/C15H31N3O/c1-3-18(4-2)10-8-16-14-7-5-6-13(14)15-12-19-11-9-17-15/h13-17H,3-12H2,1-2H3. The number of ether oxygens (including phenoxy) is 1. The summed E-state index contributed by atoms with van der Waals surface area (Å²) in [6, 6.07) is 1.26. The van der Waals surface area contributed by atoms with E-state index in [1.54, 1.807) is 0 Å². The Kier molecular flexibility index (Phi) is 6.57. The van der Waals surface area contributed by atoms with E-state index in [-0.39, 0.29) is 0 Å². The fourth-order valence-corrected chi connectivity index (χ4v) is 3.53. The van der Waals surface area contributed by atoms with Gasteiger partial charge < -0.3 is 20.3 Å². The molecule has 112 valence electrons. The summed E-state index contributed by atoms with van der Waals surface area (Å²) in [5.41, 5.74) is 0. The van der Waals surface area contributed by atoms with Crippen LogP contribution in [-0.2, 0) is 4.74 Å². The largest absolute Gasteiger partial charge is 0.379 e. The van der Waals surface area contributed by atoms with Crippen LogP contribution in [-0.4, -0.2) is 62.9 Å². The molecule has 0 radical (unpaired) electrons. The molecule has 0 aromatic heterocycles. The molecule has 0 aromatic rings. The number of morpholine rings is 1. The average molecular weight is 269 g/mol. The second kappa shape index (κ2) is 8.20. The van der Waals surface area contributed by atoms with Crippen molar-refractivity contribution >= 4 is 0 Å². The third-order valence-electron chi connectivity index (χ3n) is 4.77. The van der Waals surface area contributed by atoms with E-state index in [0.717, 1.165) is 45.3 Å². The minimum absolute atomic E-state index is 0.571. The summed E-state index contributed by atoms with van der Waals surface area (Å²) in [6.07, 6.45) is 4.05. The highest BCUT2D eigenvalue weighted by molar-refractivity contribution is 4.92. The van der Waals surface area contributed by atoms with Crippen LogP contribution in [0.5, 0.6) is 0 Å². The topological polar surface area (TPSA) is 36.5 Å². The molecule has 2 rings (SSSR count). The number of rotatable bonds is 7. The van der Waals surface area contributed by atoms with Gasteiger partial charge in [-0.25, -0.2) is 0 Å². The molecule has 0 aromatic carbocycles. The van der Waals surface area contributed by atoms with E-state index in [9.17, 15) is 0 Å². The number of hydrogen-bond donors (Lipinski definition) is 2. The molecule has 0 amide bonds. The normalized spacial score (nSPS) is 32.1. The first-order valence-corrected chi connectivity index (χ1v) is 8.12. The first-order chi connectivity index (χ1) is 9.35. The van der Waals surface area contributed by atoms with Crippen LogP contribution in [0.25, 0.3) is 0 Å². The van der Waals surface area contributed by atoms with Gasteiger partial charge >= 0.3 is 0 Å². The Labute approximate surface area is 118 Å². The Hall–Kier alpha value is -0.160. The number of nitrogens with one attached hydrogen (secondary N) is 2. The smallest absolute Gasteiger partial charge is 0.0623 e. The van der Waals surface area contributed by atoms with Crippen molar-refractivity contribution in [1.29, 1.82) is 0 Å². The van der Waals surface area contributed by atoms with Crippen molar-refractivity contribution in [3.05, 3.63) is 0 Å². The SMILES string of the molecule is CCN(CC)CCNC1CCCC1C1COCCN1. The second-order valence-corrected chi connectivity index (χ2v) is 5.82. The number of likely N-dealkylation sites (N-methyl/N-ethyl adjacent to an activating group) is 1. The molecular weight excluding hydrogens is 238 g/mol. The minimum atomic E-state index is 0.571. The van der Waals surface area contributed by atoms with Crippen LogP contribution in [0.15, 0.2) is 0 Å². The molecular formula is C15H31N3O. The maximum absolute atomic E-state index is 5.62. The molecule has 0 bridgehead atoms. The summed E-state index contributed by atoms with van der Waals surface area (Å²) in [5, 5.41) is 7.43. The van der Waals surface area contributed by atoms with Crippen LogP contribution < -0.4 is 10.6 Å². The molecule has 0 spiro atoms. The maximum Gasteiger partial charge on any atom is 0.0623 e. The lowest BCUT2D eigenvalue weighted by atomic mass is 9.94. The third-order valence-corrected chi connectivity index (χ3v) is 4.77. The van der Waals surface area contributed by atoms with Crippen molar-refractivity contribution < 1.29 is 4.74 Å². The fraction of sp³-hybridized carbons (Fsp3) is 1.00. The van der Waals surface area contributed by atoms with Crippen molar-refractivity contribution in [3.63, 3.8) is 0 Å². The van der Waals surface area contributed by atoms with Gasteiger partial charge in [0.05, 0.1) is 13.2 Å². The van der Waals surface area contributed by atoms with Gasteiger partial charge in [-0.1, -0.05) is 20.3 Å². The van der Waals surface area contributed by atoms with E-state index >= 15 is 0 Å². The molecule has 1 saturated heterocycles. The predicted octanol–water partition coefficient (Wildman–Crippen LogP) is 1.07. The fourth-order valence-electron chi connectivity index (χ4n) is 3.53. The Balaban J connectivity index is 1.72. The van der Waals surface area contributed by atoms with Crippen LogP contribution in [0.3, 0.4) is 0 Å². The zero-order valence-electron chi connectivity index (χ0n) is 12.7. The Morgan fingerprint density at radius 1 is 1.26 bits per heavy atom. The lowest BCUT2D eigenvalue weighted by Gasteiger charge is -2.33. The lowest BCUT2D eigenvalue weighted by molar-refractivity contribution is 0.0524. The highest BCUT2D eigenvalue weighted by Crippen LogP contribution is 2.29. The predicted molar refractivity (Wildman–Crippen MR) is 79.5 cm³/mol. The molecule has 4 nitrogen and oxygen atoms in total. The van der Waals surface area contributed by atoms with Crippen LogP contribution in [0.1, 0.15) is 33.1 Å². The van der Waals surface area contributed by atoms with Gasteiger partial charge in [0.15, 0.2) is 0 Å². The van der Waals surface area contributed by atoms with Gasteiger partial charge in [0, 0.05) is 31.7 Å². The molecule has 3 atom stereocenters. The van der Waals surface area contributed by atoms with Crippen LogP contribution in [0, 0.1) is 5.92 Å². The molecule has 3 unspecified atom stereocenters. The van der Waals surface area contributed by atoms with E-state index in [1.165, 1.54) is 25.8 Å². The molecule has 2 N–H and O–H groups in total. The average Bonchev–Trinajstić information content (AvgIpc) is 2.93. The van der Waals surface area contributed by atoms with Crippen molar-refractivity contribution in [3.8, 4) is 0 Å². The van der Waals surface area contributed by atoms with Crippen LogP contribution in [0.2, 0.25) is 0 Å². The molecule has 1 heterocycles. The van der Waals surface area contributed by atoms with Gasteiger partial charge in [0.25, 0.3) is 0 Å². The molecule has 1 aliphatic carbocycles. The number of nitrogens with zero attached hydrogens (tertiary/aromatic N) is 1. The maximum atomic E-state index is 5.62. The Morgan fingerprint density at radius 2 is 2.11 bits per heavy atom. The summed E-state index contributed by atoms with van der Waals surface area (Å²) in [5.74, 6) is 0.761. The summed E-state index contributed by atoms with van der Waals surface area (Å²) in [7, 11) is 0. The van der Waals surface area contributed by atoms with E-state index < -0.39 is 0 Å². The molecule has 19 heavy (non-hydrogen) atoms. The van der Waals surface area contributed by atoms with Gasteiger partial charge in [-0.2, -0.15) is 0 Å². The van der Waals surface area contributed by atoms with Gasteiger partial charge in [-0.15, -0.1) is 0 Å². The third kappa shape index (κ3) is 4.42. The van der Waals surface area contributed by atoms with E-state index in [1.807, 2.05) is 0 Å². The molecule has 1 aliphatic heterocycles. The van der Waals surface area contributed by atoms with E-state index in [2.05, 4.69) is 29.4 Å². The van der Waals surface area contributed by atoms with Crippen molar-refractivity contribution in [2.75, 3.05) is 45.9 Å². The Bertz CT molecular complexity index is 240. The molecule has 2 aliphatic rings. The molecule has 4 heteroatoms. The first-order valence-electron chi connectivity index (χ1n) is 8.12. The summed E-state index contributed by atoms with van der Waals surface area (Å²) in [6.45, 7) is 11.9. The van der Waals surface area contributed by atoms with Crippen LogP contribution in [0.4, 0.5) is 0 Å². The summed E-state index contributed by atoms with van der Waals surface area (Å²) < 4.78 is 5.62. The highest BCUT2D eigenvalue weighted by Gasteiger charge is 2.34. The quantitative estimate of drug-likeness (QED) is 0.725. The van der Waals surface area contributed by atoms with Crippen molar-refractivity contribution in [2.45, 2.75) is 45.2 Å². The minimum Gasteiger partial charge on any atom is -0.379 e. The highest BCUT2D eigenvalue weighted by atomic mass is 16.5. The van der Waals surface area contributed by atoms with Crippen molar-refractivity contribution in [1.82, 2.24) is 15.5 Å². The van der Waals surface area contributed by atoms with Gasteiger partial charge in [0.2, 0.25) is 0 Å². The van der Waals surface area contributed by atoms with E-state index in [0.29, 0.717) is 12.1 Å². The first kappa shape index (κ1) is 15.2. The zero-order valence-corrected chi connectivity index (χ0v) is 12.7. The van der Waals surface area contributed by atoms with Gasteiger partial charge in [0.1, 0.15) is 0 Å².